The number of halogens is 1. The number of rotatable bonds is 7. The molecule has 0 aliphatic carbocycles. The fraction of sp³-hybridized carbons (Fsp3) is 0.182. The Kier molecular flexibility index (Phi) is 5.71. The van der Waals surface area contributed by atoms with Crippen molar-refractivity contribution >= 4 is 11.8 Å². The highest BCUT2D eigenvalue weighted by Crippen LogP contribution is 2.48. The van der Waals surface area contributed by atoms with Gasteiger partial charge in [0.15, 0.2) is 0 Å². The van der Waals surface area contributed by atoms with Gasteiger partial charge < -0.3 is 0 Å². The summed E-state index contributed by atoms with van der Waals surface area (Å²) in [5, 5.41) is 0. The summed E-state index contributed by atoms with van der Waals surface area (Å²) in [6.45, 7) is -0.276. The van der Waals surface area contributed by atoms with Gasteiger partial charge in [-0.05, 0) is 28.9 Å². The Bertz CT molecular complexity index is 629. The minimum Gasteiger partial charge on any atom is -0.251 e. The summed E-state index contributed by atoms with van der Waals surface area (Å²) in [4.78, 5) is 0. The maximum absolute atomic E-state index is 12.8. The van der Waals surface area contributed by atoms with E-state index in [0.717, 1.165) is 5.75 Å². The van der Waals surface area contributed by atoms with E-state index in [1.165, 1.54) is 16.7 Å². The van der Waals surface area contributed by atoms with Crippen LogP contribution in [-0.4, -0.2) is 12.4 Å². The zero-order chi connectivity index (χ0) is 16.7. The molecule has 0 spiro atoms. The van der Waals surface area contributed by atoms with Crippen LogP contribution in [0, 0.1) is 0 Å². The van der Waals surface area contributed by atoms with Crippen LogP contribution in [0.25, 0.3) is 0 Å². The van der Waals surface area contributed by atoms with Gasteiger partial charge in [-0.25, -0.2) is 0 Å². The largest absolute Gasteiger partial charge is 0.251 e. The van der Waals surface area contributed by atoms with E-state index in [-0.39, 0.29) is 11.4 Å². The monoisotopic (exact) mass is 335 g/mol. The molecule has 24 heavy (non-hydrogen) atoms. The molecule has 0 amide bonds. The van der Waals surface area contributed by atoms with Gasteiger partial charge >= 0.3 is 0 Å². The van der Waals surface area contributed by atoms with Crippen LogP contribution in [0.5, 0.6) is 0 Å². The molecular weight excluding hydrogens is 314 g/mol. The molecule has 3 aromatic rings. The first-order valence-electron chi connectivity index (χ1n) is 8.24. The van der Waals surface area contributed by atoms with Crippen molar-refractivity contribution in [2.75, 3.05) is 12.4 Å². The van der Waals surface area contributed by atoms with E-state index in [4.69, 9.17) is 0 Å². The van der Waals surface area contributed by atoms with Gasteiger partial charge in [-0.2, -0.15) is 0 Å². The van der Waals surface area contributed by atoms with Gasteiger partial charge in [-0.1, -0.05) is 91.0 Å². The van der Waals surface area contributed by atoms with Crippen LogP contribution in [0.15, 0.2) is 91.0 Å². The summed E-state index contributed by atoms with van der Waals surface area (Å²) in [6, 6.07) is 31.6. The maximum atomic E-state index is 12.8. The van der Waals surface area contributed by atoms with Crippen molar-refractivity contribution in [1.29, 1.82) is 0 Å². The van der Waals surface area contributed by atoms with Crippen LogP contribution in [-0.2, 0) is 4.75 Å². The van der Waals surface area contributed by atoms with Gasteiger partial charge in [0.2, 0.25) is 0 Å². The summed E-state index contributed by atoms with van der Waals surface area (Å²) in [5.74, 6) is 0.773. The molecule has 0 saturated heterocycles. The molecule has 0 bridgehead atoms. The summed E-state index contributed by atoms with van der Waals surface area (Å²) in [5.41, 5.74) is 3.68. The van der Waals surface area contributed by atoms with Crippen molar-refractivity contribution in [2.45, 2.75) is 11.2 Å². The third-order valence-corrected chi connectivity index (χ3v) is 5.77. The minimum atomic E-state index is -0.320. The molecule has 0 atom stereocenters. The second kappa shape index (κ2) is 8.16. The number of thioether (sulfide) groups is 1. The molecule has 0 aromatic heterocycles. The van der Waals surface area contributed by atoms with Crippen molar-refractivity contribution in [3.63, 3.8) is 0 Å². The van der Waals surface area contributed by atoms with Crippen LogP contribution in [0.3, 0.4) is 0 Å². The molecule has 2 heteroatoms. The first kappa shape index (κ1) is 16.8. The highest BCUT2D eigenvalue weighted by Gasteiger charge is 2.36. The quantitative estimate of drug-likeness (QED) is 0.373. The van der Waals surface area contributed by atoms with Crippen molar-refractivity contribution in [2.24, 2.45) is 0 Å². The molecule has 0 nitrogen and oxygen atoms in total. The molecule has 0 N–H and O–H groups in total. The van der Waals surface area contributed by atoms with E-state index in [1.807, 2.05) is 30.0 Å². The lowest BCUT2D eigenvalue weighted by molar-refractivity contribution is 0.489. The maximum Gasteiger partial charge on any atom is 0.0906 e. The van der Waals surface area contributed by atoms with Crippen LogP contribution in [0.1, 0.15) is 23.1 Å². The lowest BCUT2D eigenvalue weighted by atomic mass is 9.84. The van der Waals surface area contributed by atoms with E-state index in [9.17, 15) is 4.39 Å². The zero-order valence-corrected chi connectivity index (χ0v) is 14.4. The predicted octanol–water partition coefficient (Wildman–Crippen LogP) is 6.07. The molecule has 0 radical (unpaired) electrons. The Morgan fingerprint density at radius 2 is 1.00 bits per heavy atom. The predicted molar refractivity (Wildman–Crippen MR) is 102 cm³/mol. The lowest BCUT2D eigenvalue weighted by Gasteiger charge is -2.35. The Morgan fingerprint density at radius 1 is 0.625 bits per heavy atom. The molecule has 122 valence electrons. The Hall–Kier alpha value is -2.06. The Balaban J connectivity index is 2.20. The van der Waals surface area contributed by atoms with Gasteiger partial charge in [-0.15, -0.1) is 11.8 Å². The van der Waals surface area contributed by atoms with Crippen molar-refractivity contribution < 1.29 is 4.39 Å². The first-order chi connectivity index (χ1) is 11.9. The van der Waals surface area contributed by atoms with Gasteiger partial charge in [0.25, 0.3) is 0 Å². The molecule has 3 rings (SSSR count). The summed E-state index contributed by atoms with van der Waals surface area (Å²) < 4.78 is 12.4. The van der Waals surface area contributed by atoms with E-state index in [2.05, 4.69) is 72.8 Å². The Morgan fingerprint density at radius 3 is 1.33 bits per heavy atom. The number of benzene rings is 3. The smallest absolute Gasteiger partial charge is 0.0906 e. The lowest BCUT2D eigenvalue weighted by Crippen LogP contribution is -2.26. The Labute approximate surface area is 147 Å². The van der Waals surface area contributed by atoms with Crippen LogP contribution < -0.4 is 0 Å². The molecule has 0 aliphatic rings. The highest BCUT2D eigenvalue weighted by atomic mass is 32.2. The molecule has 0 fully saturated rings. The molecule has 0 aliphatic heterocycles. The molecule has 3 aromatic carbocycles. The molecule has 0 unspecified atom stereocenters. The third kappa shape index (κ3) is 3.39. The van der Waals surface area contributed by atoms with Crippen molar-refractivity contribution in [3.8, 4) is 0 Å². The van der Waals surface area contributed by atoms with E-state index >= 15 is 0 Å². The van der Waals surface area contributed by atoms with Crippen LogP contribution in [0.4, 0.5) is 4.39 Å². The molecular formula is C22H21FS. The van der Waals surface area contributed by atoms with Gasteiger partial charge in [0.05, 0.1) is 11.4 Å². The number of alkyl halides is 1. The normalized spacial score (nSPS) is 11.4. The standard InChI is InChI=1S/C22H21FS/c23-17-10-18-24-22(19-11-4-1-5-12-19,20-13-6-2-7-14-20)21-15-8-3-9-16-21/h1-9,11-16H,10,17-18H2/i23-1. The SMILES string of the molecule is [18F]CCCSC(c1ccccc1)(c1ccccc1)c1ccccc1. The summed E-state index contributed by atoms with van der Waals surface area (Å²) >= 11 is 1.81. The summed E-state index contributed by atoms with van der Waals surface area (Å²) in [6.07, 6.45) is 0.568. The fourth-order valence-corrected chi connectivity index (χ4v) is 4.52. The topological polar surface area (TPSA) is 0 Å². The highest BCUT2D eigenvalue weighted by molar-refractivity contribution is 8.00. The molecule has 0 heterocycles. The van der Waals surface area contributed by atoms with Crippen molar-refractivity contribution in [3.05, 3.63) is 108 Å². The molecule has 0 saturated carbocycles. The average Bonchev–Trinajstić information content (AvgIpc) is 2.68. The first-order valence-corrected chi connectivity index (χ1v) is 9.23. The van der Waals surface area contributed by atoms with Crippen LogP contribution in [0.2, 0.25) is 0 Å². The third-order valence-electron chi connectivity index (χ3n) is 4.14. The zero-order valence-electron chi connectivity index (χ0n) is 13.6. The van der Waals surface area contributed by atoms with E-state index in [0.29, 0.717) is 6.42 Å². The average molecular weight is 335 g/mol. The van der Waals surface area contributed by atoms with E-state index < -0.39 is 0 Å². The van der Waals surface area contributed by atoms with Gasteiger partial charge in [-0.3, -0.25) is 4.39 Å². The second-order valence-electron chi connectivity index (χ2n) is 5.67. The van der Waals surface area contributed by atoms with E-state index in [1.54, 1.807) is 0 Å². The number of hydrogen-bond donors (Lipinski definition) is 0. The van der Waals surface area contributed by atoms with Crippen molar-refractivity contribution in [1.82, 2.24) is 0 Å². The fourth-order valence-electron chi connectivity index (χ4n) is 3.05. The van der Waals surface area contributed by atoms with Crippen LogP contribution >= 0.6 is 11.8 Å². The summed E-state index contributed by atoms with van der Waals surface area (Å²) in [7, 11) is 0. The minimum absolute atomic E-state index is 0.276. The number of hydrogen-bond acceptors (Lipinski definition) is 1. The second-order valence-corrected chi connectivity index (χ2v) is 6.98. The van der Waals surface area contributed by atoms with Gasteiger partial charge in [0.1, 0.15) is 0 Å². The van der Waals surface area contributed by atoms with Gasteiger partial charge in [0, 0.05) is 0 Å².